The minimum absolute atomic E-state index is 0.0186. The Bertz CT molecular complexity index is 1980. The van der Waals surface area contributed by atoms with E-state index in [0.717, 1.165) is 16.7 Å². The molecule has 1 aromatic rings. The molecule has 1 aromatic carbocycles. The summed E-state index contributed by atoms with van der Waals surface area (Å²) in [6.45, 7) is 13.3. The van der Waals surface area contributed by atoms with E-state index in [0.29, 0.717) is 83.1 Å². The minimum Gasteiger partial charge on any atom is -0.457 e. The highest BCUT2D eigenvalue weighted by Crippen LogP contribution is 2.49. The van der Waals surface area contributed by atoms with Crippen molar-refractivity contribution in [3.05, 3.63) is 52.1 Å². The number of rotatable bonds is 26. The predicted molar refractivity (Wildman–Crippen MR) is 261 cm³/mol. The molecule has 3 aliphatic rings. The number of halogens is 1. The standard InChI is InChI=1S/C49H76ClN5O16/c1-32-10-9-11-39(62-8)49(61)30-38(69-47(60)53-49)34(3)45-48(5,71-45)40(29-43(58)55(7)37-28-36(26-32)27-33(2)44(37)50)70-46(59)35(4)54(6)42(57)12-14-63-16-18-65-20-22-67-24-25-68-23-21-66-19-17-64-15-13-52-41(56)31-51/h9-11,27-28,34-35,38-40,45,61H,12-26,29-31,51H2,1-8H3,(H,52,56)(H,53,60)/b11-9+,32-10+/t34-,35+,38+,39-,40+,45?,48+,49+/m1/s1. The Kier molecular flexibility index (Phi) is 24.6. The Balaban J connectivity index is 1.25. The Labute approximate surface area is 422 Å². The molecule has 71 heavy (non-hydrogen) atoms. The van der Waals surface area contributed by atoms with Crippen LogP contribution in [0, 0.1) is 12.8 Å². The van der Waals surface area contributed by atoms with Crippen LogP contribution in [-0.2, 0) is 73.0 Å². The molecule has 0 aliphatic carbocycles. The highest BCUT2D eigenvalue weighted by Gasteiger charge is 2.64. The number of methoxy groups -OCH3 is 1. The second kappa shape index (κ2) is 29.4. The molecule has 0 spiro atoms. The maximum atomic E-state index is 14.2. The first-order valence-corrected chi connectivity index (χ1v) is 24.4. The fraction of sp³-hybridized carbons (Fsp3) is 0.694. The second-order valence-corrected chi connectivity index (χ2v) is 18.4. The summed E-state index contributed by atoms with van der Waals surface area (Å²) in [7, 11) is 4.52. The molecule has 4 rings (SSSR count). The summed E-state index contributed by atoms with van der Waals surface area (Å²) in [5.74, 6) is -2.33. The number of esters is 1. The Morgan fingerprint density at radius 2 is 1.55 bits per heavy atom. The van der Waals surface area contributed by atoms with Crippen molar-refractivity contribution in [1.29, 1.82) is 0 Å². The van der Waals surface area contributed by atoms with Crippen molar-refractivity contribution in [3.63, 3.8) is 0 Å². The average Bonchev–Trinajstić information content (AvgIpc) is 4.04. The Hall–Kier alpha value is -4.26. The highest BCUT2D eigenvalue weighted by atomic mass is 35.5. The lowest BCUT2D eigenvalue weighted by molar-refractivity contribution is -0.162. The summed E-state index contributed by atoms with van der Waals surface area (Å²) in [4.78, 5) is 68.1. The molecule has 21 nitrogen and oxygen atoms in total. The number of ether oxygens (including phenoxy) is 10. The number of likely N-dealkylation sites (N-methyl/N-ethyl adjacent to an activating group) is 1. The average molecular weight is 1030 g/mol. The Morgan fingerprint density at radius 3 is 2.13 bits per heavy atom. The van der Waals surface area contributed by atoms with Gasteiger partial charge in [0.05, 0.1) is 115 Å². The van der Waals surface area contributed by atoms with Crippen LogP contribution in [0.2, 0.25) is 5.02 Å². The first-order chi connectivity index (χ1) is 33.8. The summed E-state index contributed by atoms with van der Waals surface area (Å²) in [5.41, 5.74) is 5.21. The van der Waals surface area contributed by atoms with Crippen molar-refractivity contribution in [3.8, 4) is 0 Å². The molecule has 3 heterocycles. The number of carbonyl (C=O) groups is 5. The number of aliphatic hydroxyl groups is 1. The summed E-state index contributed by atoms with van der Waals surface area (Å²) in [6.07, 6.45) is 0.900. The molecule has 4 bridgehead atoms. The number of anilines is 1. The fourth-order valence-corrected chi connectivity index (χ4v) is 8.36. The zero-order chi connectivity index (χ0) is 52.1. The van der Waals surface area contributed by atoms with E-state index in [2.05, 4.69) is 10.6 Å². The fourth-order valence-electron chi connectivity index (χ4n) is 8.13. The van der Waals surface area contributed by atoms with Crippen LogP contribution >= 0.6 is 11.6 Å². The SMILES string of the molecule is CO[C@@H]1/C=C/C=C(\C)Cc2cc(C)c(Cl)c(c2)N(C)C(=O)C[C@H](OC(=O)[C@H](C)N(C)C(=O)CCOCCOCCOCCOCCOCCOCCNC(=O)CN)[C@]2(C)OC2[C@H](C)[C@@H]2C[C@@]1(O)NC(=O)O2. The van der Waals surface area contributed by atoms with Crippen LogP contribution in [0.1, 0.15) is 58.1 Å². The first kappa shape index (κ1) is 59.3. The van der Waals surface area contributed by atoms with Gasteiger partial charge in [0.25, 0.3) is 0 Å². The number of fused-ring (bicyclic) bond motifs is 5. The van der Waals surface area contributed by atoms with Gasteiger partial charge in [0.15, 0.2) is 5.72 Å². The number of nitrogens with two attached hydrogens (primary N) is 1. The lowest BCUT2D eigenvalue weighted by Gasteiger charge is -2.42. The largest absolute Gasteiger partial charge is 0.457 e. The number of alkyl carbamates (subject to hydrolysis) is 1. The molecule has 0 saturated carbocycles. The molecule has 22 heteroatoms. The smallest absolute Gasteiger partial charge is 0.409 e. The summed E-state index contributed by atoms with van der Waals surface area (Å²) in [6, 6.07) is 2.73. The van der Waals surface area contributed by atoms with Crippen molar-refractivity contribution in [2.24, 2.45) is 11.7 Å². The number of benzene rings is 1. The van der Waals surface area contributed by atoms with Crippen LogP contribution in [0.3, 0.4) is 0 Å². The number of hydrogen-bond acceptors (Lipinski definition) is 17. The molecule has 400 valence electrons. The number of aryl methyl sites for hydroxylation is 1. The van der Waals surface area contributed by atoms with Crippen LogP contribution in [0.5, 0.6) is 0 Å². The van der Waals surface area contributed by atoms with Crippen LogP contribution in [-0.4, -0.2) is 195 Å². The van der Waals surface area contributed by atoms with E-state index in [1.54, 1.807) is 33.0 Å². The highest BCUT2D eigenvalue weighted by molar-refractivity contribution is 6.34. The molecule has 8 atom stereocenters. The van der Waals surface area contributed by atoms with Gasteiger partial charge in [0.1, 0.15) is 30.0 Å². The van der Waals surface area contributed by atoms with Gasteiger partial charge in [-0.3, -0.25) is 19.7 Å². The van der Waals surface area contributed by atoms with Gasteiger partial charge in [-0.2, -0.15) is 0 Å². The number of epoxide rings is 1. The molecule has 3 aliphatic heterocycles. The van der Waals surface area contributed by atoms with Gasteiger partial charge in [-0.05, 0) is 51.3 Å². The van der Waals surface area contributed by atoms with E-state index in [1.807, 2.05) is 32.1 Å². The van der Waals surface area contributed by atoms with E-state index in [4.69, 9.17) is 64.7 Å². The van der Waals surface area contributed by atoms with Gasteiger partial charge in [0, 0.05) is 40.1 Å². The normalized spacial score (nSPS) is 26.3. The molecule has 4 amide bonds. The van der Waals surface area contributed by atoms with Gasteiger partial charge in [-0.15, -0.1) is 0 Å². The van der Waals surface area contributed by atoms with Crippen molar-refractivity contribution in [2.75, 3.05) is 118 Å². The van der Waals surface area contributed by atoms with Crippen molar-refractivity contribution >= 4 is 47.1 Å². The number of amides is 4. The molecular formula is C49H76ClN5O16. The first-order valence-electron chi connectivity index (χ1n) is 24.1. The molecule has 2 fully saturated rings. The molecule has 5 N–H and O–H groups in total. The zero-order valence-electron chi connectivity index (χ0n) is 42.5. The van der Waals surface area contributed by atoms with Crippen molar-refractivity contribution in [1.82, 2.24) is 15.5 Å². The summed E-state index contributed by atoms with van der Waals surface area (Å²) in [5, 5.41) is 17.3. The monoisotopic (exact) mass is 1030 g/mol. The van der Waals surface area contributed by atoms with Gasteiger partial charge >= 0.3 is 12.1 Å². The third kappa shape index (κ3) is 18.3. The van der Waals surface area contributed by atoms with Crippen molar-refractivity contribution < 1.29 is 76.4 Å². The predicted octanol–water partition coefficient (Wildman–Crippen LogP) is 2.38. The van der Waals surface area contributed by atoms with Gasteiger partial charge in [-0.1, -0.05) is 48.4 Å². The van der Waals surface area contributed by atoms with Gasteiger partial charge < -0.3 is 73.3 Å². The second-order valence-electron chi connectivity index (χ2n) is 18.0. The van der Waals surface area contributed by atoms with E-state index < -0.39 is 65.7 Å². The van der Waals surface area contributed by atoms with E-state index in [-0.39, 0.29) is 57.4 Å². The summed E-state index contributed by atoms with van der Waals surface area (Å²) < 4.78 is 56.7. The third-order valence-corrected chi connectivity index (χ3v) is 13.1. The van der Waals surface area contributed by atoms with E-state index in [1.165, 1.54) is 30.9 Å². The maximum absolute atomic E-state index is 14.2. The van der Waals surface area contributed by atoms with Gasteiger partial charge in [0.2, 0.25) is 17.7 Å². The zero-order valence-corrected chi connectivity index (χ0v) is 43.3. The van der Waals surface area contributed by atoms with Crippen LogP contribution in [0.4, 0.5) is 10.5 Å². The van der Waals surface area contributed by atoms with E-state index in [9.17, 15) is 29.1 Å². The van der Waals surface area contributed by atoms with Crippen LogP contribution < -0.4 is 21.3 Å². The lowest BCUT2D eigenvalue weighted by Crippen LogP contribution is -2.63. The van der Waals surface area contributed by atoms with Gasteiger partial charge in [-0.25, -0.2) is 9.59 Å². The topological polar surface area (TPSA) is 258 Å². The number of nitrogens with one attached hydrogen (secondary N) is 2. The number of allylic oxidation sites excluding steroid dienone is 3. The van der Waals surface area contributed by atoms with Crippen LogP contribution in [0.25, 0.3) is 0 Å². The van der Waals surface area contributed by atoms with E-state index >= 15 is 0 Å². The number of nitrogens with zero attached hydrogens (tertiary/aromatic N) is 2. The molecule has 1 unspecified atom stereocenters. The van der Waals surface area contributed by atoms with Crippen LogP contribution in [0.15, 0.2) is 35.9 Å². The third-order valence-electron chi connectivity index (χ3n) is 12.6. The molecule has 0 aromatic heterocycles. The number of hydrogen-bond donors (Lipinski definition) is 4. The lowest BCUT2D eigenvalue weighted by atomic mass is 9.83. The molecular weight excluding hydrogens is 950 g/mol. The number of carbonyl (C=O) groups excluding carboxylic acids is 5. The summed E-state index contributed by atoms with van der Waals surface area (Å²) >= 11 is 6.81. The maximum Gasteiger partial charge on any atom is 0.409 e. The quantitative estimate of drug-likeness (QED) is 0.0590. The molecule has 0 radical (unpaired) electrons. The molecule has 2 saturated heterocycles. The van der Waals surface area contributed by atoms with Crippen molar-refractivity contribution in [2.45, 2.75) is 102 Å². The Morgan fingerprint density at radius 1 is 0.972 bits per heavy atom. The minimum atomic E-state index is -1.84.